The van der Waals surface area contributed by atoms with Gasteiger partial charge in [-0.2, -0.15) is 0 Å². The van der Waals surface area contributed by atoms with Gasteiger partial charge in [0.15, 0.2) is 0 Å². The molecule has 2 nitrogen and oxygen atoms in total. The number of aromatic nitrogens is 2. The van der Waals surface area contributed by atoms with Gasteiger partial charge in [-0.05, 0) is 29.5 Å². The second-order valence-electron chi connectivity index (χ2n) is 5.10. The first-order valence-corrected chi connectivity index (χ1v) is 5.24. The first kappa shape index (κ1) is 10.1. The summed E-state index contributed by atoms with van der Waals surface area (Å²) in [5.41, 5.74) is 2.66. The number of fused-ring (bicyclic) bond motifs is 1. The van der Waals surface area contributed by atoms with Crippen LogP contribution in [0, 0.1) is 5.41 Å². The lowest BCUT2D eigenvalue weighted by Gasteiger charge is -2.18. The van der Waals surface area contributed by atoms with E-state index in [1.54, 1.807) is 6.20 Å². The van der Waals surface area contributed by atoms with E-state index in [4.69, 9.17) is 0 Å². The SMILES string of the molecule is CC(C)(C)Cc1ccnc2ccncc12. The predicted molar refractivity (Wildman–Crippen MR) is 62.7 cm³/mol. The van der Waals surface area contributed by atoms with Crippen LogP contribution in [0.5, 0.6) is 0 Å². The van der Waals surface area contributed by atoms with E-state index >= 15 is 0 Å². The highest BCUT2D eigenvalue weighted by atomic mass is 14.7. The maximum absolute atomic E-state index is 4.33. The molecule has 0 amide bonds. The molecule has 0 saturated carbocycles. The zero-order valence-electron chi connectivity index (χ0n) is 9.49. The van der Waals surface area contributed by atoms with Crippen molar-refractivity contribution in [2.45, 2.75) is 27.2 Å². The summed E-state index contributed by atoms with van der Waals surface area (Å²) in [6.07, 6.45) is 6.63. The third-order valence-electron chi connectivity index (χ3n) is 2.35. The fraction of sp³-hybridized carbons (Fsp3) is 0.385. The highest BCUT2D eigenvalue weighted by molar-refractivity contribution is 5.80. The molecule has 0 spiro atoms. The van der Waals surface area contributed by atoms with Gasteiger partial charge in [0.1, 0.15) is 0 Å². The molecule has 0 aliphatic rings. The molecule has 0 saturated heterocycles. The minimum Gasteiger partial charge on any atom is -0.264 e. The van der Waals surface area contributed by atoms with Gasteiger partial charge in [0, 0.05) is 24.0 Å². The molecule has 2 aromatic heterocycles. The number of pyridine rings is 2. The van der Waals surface area contributed by atoms with Gasteiger partial charge in [0.2, 0.25) is 0 Å². The Balaban J connectivity index is 2.52. The summed E-state index contributed by atoms with van der Waals surface area (Å²) in [4.78, 5) is 8.50. The summed E-state index contributed by atoms with van der Waals surface area (Å²) in [5, 5.41) is 1.18. The highest BCUT2D eigenvalue weighted by Gasteiger charge is 2.13. The van der Waals surface area contributed by atoms with E-state index in [-0.39, 0.29) is 0 Å². The molecule has 78 valence electrons. The van der Waals surface area contributed by atoms with Gasteiger partial charge in [0.25, 0.3) is 0 Å². The number of nitrogens with zero attached hydrogens (tertiary/aromatic N) is 2. The molecule has 2 rings (SSSR count). The maximum atomic E-state index is 4.33. The Labute approximate surface area is 90.4 Å². The molecule has 0 aromatic carbocycles. The Bertz CT molecular complexity index is 464. The van der Waals surface area contributed by atoms with Crippen LogP contribution >= 0.6 is 0 Å². The van der Waals surface area contributed by atoms with Gasteiger partial charge >= 0.3 is 0 Å². The topological polar surface area (TPSA) is 25.8 Å². The average Bonchev–Trinajstić information content (AvgIpc) is 2.16. The van der Waals surface area contributed by atoms with Crippen molar-refractivity contribution in [3.63, 3.8) is 0 Å². The van der Waals surface area contributed by atoms with Crippen LogP contribution in [-0.2, 0) is 6.42 Å². The first-order valence-electron chi connectivity index (χ1n) is 5.24. The normalized spacial score (nSPS) is 11.9. The molecule has 0 fully saturated rings. The molecule has 2 aromatic rings. The fourth-order valence-corrected chi connectivity index (χ4v) is 1.77. The van der Waals surface area contributed by atoms with Gasteiger partial charge in [0.05, 0.1) is 5.52 Å². The van der Waals surface area contributed by atoms with Crippen molar-refractivity contribution in [2.24, 2.45) is 5.41 Å². The van der Waals surface area contributed by atoms with Gasteiger partial charge in [-0.15, -0.1) is 0 Å². The van der Waals surface area contributed by atoms with Crippen LogP contribution in [0.25, 0.3) is 10.9 Å². The van der Waals surface area contributed by atoms with Crippen molar-refractivity contribution in [1.82, 2.24) is 9.97 Å². The minimum atomic E-state index is 0.296. The maximum Gasteiger partial charge on any atom is 0.0735 e. The molecule has 0 N–H and O–H groups in total. The number of hydrogen-bond donors (Lipinski definition) is 0. The first-order chi connectivity index (χ1) is 7.06. The lowest BCUT2D eigenvalue weighted by Crippen LogP contribution is -2.09. The lowest BCUT2D eigenvalue weighted by atomic mass is 9.87. The van der Waals surface area contributed by atoms with Crippen molar-refractivity contribution in [1.29, 1.82) is 0 Å². The summed E-state index contributed by atoms with van der Waals surface area (Å²) in [6, 6.07) is 4.05. The van der Waals surface area contributed by atoms with Crippen molar-refractivity contribution >= 4 is 10.9 Å². The van der Waals surface area contributed by atoms with E-state index in [0.29, 0.717) is 5.41 Å². The van der Waals surface area contributed by atoms with E-state index in [1.807, 2.05) is 18.5 Å². The summed E-state index contributed by atoms with van der Waals surface area (Å²) in [5.74, 6) is 0. The van der Waals surface area contributed by atoms with Gasteiger partial charge in [-0.3, -0.25) is 9.97 Å². The lowest BCUT2D eigenvalue weighted by molar-refractivity contribution is 0.412. The Morgan fingerprint density at radius 2 is 1.93 bits per heavy atom. The monoisotopic (exact) mass is 200 g/mol. The Hall–Kier alpha value is -1.44. The molecule has 0 radical (unpaired) electrons. The standard InChI is InChI=1S/C13H16N2/c1-13(2,3)8-10-4-7-15-12-5-6-14-9-11(10)12/h4-7,9H,8H2,1-3H3. The molecular weight excluding hydrogens is 184 g/mol. The molecule has 0 unspecified atom stereocenters. The molecule has 0 aliphatic heterocycles. The molecule has 2 heteroatoms. The molecule has 0 bridgehead atoms. The summed E-state index contributed by atoms with van der Waals surface area (Å²) in [6.45, 7) is 6.74. The van der Waals surface area contributed by atoms with Crippen LogP contribution in [0.1, 0.15) is 26.3 Å². The minimum absolute atomic E-state index is 0.296. The second-order valence-corrected chi connectivity index (χ2v) is 5.10. The number of rotatable bonds is 1. The molecule has 0 aliphatic carbocycles. The van der Waals surface area contributed by atoms with E-state index in [2.05, 4.69) is 36.8 Å². The van der Waals surface area contributed by atoms with Crippen LogP contribution in [0.4, 0.5) is 0 Å². The van der Waals surface area contributed by atoms with E-state index < -0.39 is 0 Å². The fourth-order valence-electron chi connectivity index (χ4n) is 1.77. The van der Waals surface area contributed by atoms with Crippen molar-refractivity contribution in [2.75, 3.05) is 0 Å². The zero-order valence-corrected chi connectivity index (χ0v) is 9.49. The van der Waals surface area contributed by atoms with Gasteiger partial charge in [-0.25, -0.2) is 0 Å². The van der Waals surface area contributed by atoms with Gasteiger partial charge in [-0.1, -0.05) is 20.8 Å². The molecule has 2 heterocycles. The third kappa shape index (κ3) is 2.32. The van der Waals surface area contributed by atoms with Gasteiger partial charge < -0.3 is 0 Å². The largest absolute Gasteiger partial charge is 0.264 e. The Morgan fingerprint density at radius 1 is 1.13 bits per heavy atom. The van der Waals surface area contributed by atoms with E-state index in [1.165, 1.54) is 10.9 Å². The molecular formula is C13H16N2. The van der Waals surface area contributed by atoms with Crippen LogP contribution in [0.2, 0.25) is 0 Å². The third-order valence-corrected chi connectivity index (χ3v) is 2.35. The van der Waals surface area contributed by atoms with E-state index in [9.17, 15) is 0 Å². The van der Waals surface area contributed by atoms with Crippen LogP contribution in [0.15, 0.2) is 30.7 Å². The Kier molecular flexibility index (Phi) is 2.43. The summed E-state index contributed by atoms with van der Waals surface area (Å²) < 4.78 is 0. The number of hydrogen-bond acceptors (Lipinski definition) is 2. The second kappa shape index (κ2) is 3.61. The Morgan fingerprint density at radius 3 is 2.67 bits per heavy atom. The van der Waals surface area contributed by atoms with Crippen molar-refractivity contribution < 1.29 is 0 Å². The van der Waals surface area contributed by atoms with Crippen molar-refractivity contribution in [3.05, 3.63) is 36.3 Å². The molecule has 15 heavy (non-hydrogen) atoms. The van der Waals surface area contributed by atoms with E-state index in [0.717, 1.165) is 11.9 Å². The highest BCUT2D eigenvalue weighted by Crippen LogP contribution is 2.24. The quantitative estimate of drug-likeness (QED) is 0.706. The summed E-state index contributed by atoms with van der Waals surface area (Å²) >= 11 is 0. The smallest absolute Gasteiger partial charge is 0.0735 e. The predicted octanol–water partition coefficient (Wildman–Crippen LogP) is 3.22. The van der Waals surface area contributed by atoms with Crippen LogP contribution < -0.4 is 0 Å². The van der Waals surface area contributed by atoms with Crippen molar-refractivity contribution in [3.8, 4) is 0 Å². The zero-order chi connectivity index (χ0) is 10.9. The van der Waals surface area contributed by atoms with Crippen LogP contribution in [-0.4, -0.2) is 9.97 Å². The average molecular weight is 200 g/mol. The summed E-state index contributed by atoms with van der Waals surface area (Å²) in [7, 11) is 0. The molecule has 0 atom stereocenters. The van der Waals surface area contributed by atoms with Crippen LogP contribution in [0.3, 0.4) is 0 Å².